The molecule has 0 saturated heterocycles. The van der Waals surface area contributed by atoms with Crippen molar-refractivity contribution in [3.8, 4) is 0 Å². The second-order valence-electron chi connectivity index (χ2n) is 5.93. The lowest BCUT2D eigenvalue weighted by molar-refractivity contribution is 0.691. The van der Waals surface area contributed by atoms with Crippen molar-refractivity contribution in [1.82, 2.24) is 9.97 Å². The summed E-state index contributed by atoms with van der Waals surface area (Å²) in [6.07, 6.45) is 6.45. The molecular weight excluding hydrogens is 254 g/mol. The maximum atomic E-state index is 4.69. The predicted octanol–water partition coefficient (Wildman–Crippen LogP) is 3.70. The van der Waals surface area contributed by atoms with Gasteiger partial charge < -0.3 is 5.32 Å². The molecule has 1 fully saturated rings. The molecule has 0 aromatic carbocycles. The van der Waals surface area contributed by atoms with Gasteiger partial charge in [-0.1, -0.05) is 0 Å². The third-order valence-corrected chi connectivity index (χ3v) is 5.56. The fourth-order valence-electron chi connectivity index (χ4n) is 3.14. The maximum absolute atomic E-state index is 4.69. The van der Waals surface area contributed by atoms with Gasteiger partial charge >= 0.3 is 0 Å². The predicted molar refractivity (Wildman–Crippen MR) is 80.0 cm³/mol. The Hall–Kier alpha value is -1.16. The summed E-state index contributed by atoms with van der Waals surface area (Å²) in [6, 6.07) is 0.537. The van der Waals surface area contributed by atoms with E-state index in [-0.39, 0.29) is 0 Å². The molecule has 0 bridgehead atoms. The number of nitrogens with one attached hydrogen (secondary N) is 1. The zero-order chi connectivity index (χ0) is 13.0. The molecule has 2 aromatic rings. The van der Waals surface area contributed by atoms with Crippen molar-refractivity contribution in [1.29, 1.82) is 0 Å². The van der Waals surface area contributed by atoms with E-state index in [2.05, 4.69) is 22.2 Å². The van der Waals surface area contributed by atoms with Crippen LogP contribution in [0.3, 0.4) is 0 Å². The SMILES string of the molecule is Cc1nc(N[C@H](C)C2CC2)c2c3c(sc2n1)CCC3. The van der Waals surface area contributed by atoms with Crippen LogP contribution < -0.4 is 5.32 Å². The van der Waals surface area contributed by atoms with Gasteiger partial charge in [-0.15, -0.1) is 11.3 Å². The lowest BCUT2D eigenvalue weighted by Crippen LogP contribution is -2.18. The van der Waals surface area contributed by atoms with Crippen LogP contribution >= 0.6 is 11.3 Å². The molecule has 4 heteroatoms. The van der Waals surface area contributed by atoms with Crippen molar-refractivity contribution in [2.45, 2.75) is 52.0 Å². The van der Waals surface area contributed by atoms with Crippen molar-refractivity contribution >= 4 is 27.4 Å². The average molecular weight is 273 g/mol. The van der Waals surface area contributed by atoms with E-state index in [0.717, 1.165) is 17.6 Å². The lowest BCUT2D eigenvalue weighted by Gasteiger charge is -2.15. The Morgan fingerprint density at radius 1 is 1.26 bits per heavy atom. The van der Waals surface area contributed by atoms with Crippen LogP contribution in [-0.2, 0) is 12.8 Å². The van der Waals surface area contributed by atoms with Gasteiger partial charge in [-0.2, -0.15) is 0 Å². The van der Waals surface area contributed by atoms with Crippen molar-refractivity contribution in [2.75, 3.05) is 5.32 Å². The highest BCUT2D eigenvalue weighted by molar-refractivity contribution is 7.19. The first-order chi connectivity index (χ1) is 9.22. The Morgan fingerprint density at radius 2 is 2.11 bits per heavy atom. The quantitative estimate of drug-likeness (QED) is 0.926. The fraction of sp³-hybridized carbons (Fsp3) is 0.600. The van der Waals surface area contributed by atoms with Crippen molar-refractivity contribution in [3.05, 3.63) is 16.3 Å². The maximum Gasteiger partial charge on any atom is 0.139 e. The summed E-state index contributed by atoms with van der Waals surface area (Å²) in [5.41, 5.74) is 1.52. The van der Waals surface area contributed by atoms with Crippen LogP contribution in [-0.4, -0.2) is 16.0 Å². The number of hydrogen-bond acceptors (Lipinski definition) is 4. The zero-order valence-corrected chi connectivity index (χ0v) is 12.3. The Morgan fingerprint density at radius 3 is 2.89 bits per heavy atom. The number of aryl methyl sites for hydroxylation is 3. The highest BCUT2D eigenvalue weighted by Gasteiger charge is 2.29. The third kappa shape index (κ3) is 1.93. The minimum atomic E-state index is 0.537. The van der Waals surface area contributed by atoms with Crippen LogP contribution in [0, 0.1) is 12.8 Å². The number of anilines is 1. The van der Waals surface area contributed by atoms with Gasteiger partial charge in [0.1, 0.15) is 16.5 Å². The molecule has 0 spiro atoms. The van der Waals surface area contributed by atoms with E-state index in [1.807, 2.05) is 18.3 Å². The Bertz CT molecular complexity index is 642. The molecule has 19 heavy (non-hydrogen) atoms. The minimum Gasteiger partial charge on any atom is -0.367 e. The topological polar surface area (TPSA) is 37.8 Å². The molecule has 2 heterocycles. The second-order valence-corrected chi connectivity index (χ2v) is 7.01. The molecule has 4 rings (SSSR count). The Labute approximate surface area is 117 Å². The Balaban J connectivity index is 1.82. The molecule has 1 atom stereocenters. The third-order valence-electron chi connectivity index (χ3n) is 4.37. The summed E-state index contributed by atoms with van der Waals surface area (Å²) in [5.74, 6) is 2.82. The van der Waals surface area contributed by atoms with Crippen LogP contribution in [0.1, 0.15) is 42.5 Å². The molecule has 0 unspecified atom stereocenters. The molecule has 1 saturated carbocycles. The van der Waals surface area contributed by atoms with E-state index >= 15 is 0 Å². The van der Waals surface area contributed by atoms with E-state index in [1.54, 1.807) is 0 Å². The summed E-state index contributed by atoms with van der Waals surface area (Å²) in [7, 11) is 0. The molecule has 2 aliphatic carbocycles. The first kappa shape index (κ1) is 11.6. The molecule has 0 amide bonds. The normalized spacial score (nSPS) is 19.7. The van der Waals surface area contributed by atoms with E-state index in [1.165, 1.54) is 52.8 Å². The van der Waals surface area contributed by atoms with E-state index in [4.69, 9.17) is 0 Å². The van der Waals surface area contributed by atoms with Crippen LogP contribution in [0.2, 0.25) is 0 Å². The van der Waals surface area contributed by atoms with Crippen LogP contribution in [0.25, 0.3) is 10.2 Å². The number of aromatic nitrogens is 2. The molecule has 2 aromatic heterocycles. The zero-order valence-electron chi connectivity index (χ0n) is 11.5. The van der Waals surface area contributed by atoms with Gasteiger partial charge in [-0.25, -0.2) is 9.97 Å². The van der Waals surface area contributed by atoms with Gasteiger partial charge in [-0.3, -0.25) is 0 Å². The number of fused-ring (bicyclic) bond motifs is 3. The molecule has 1 N–H and O–H groups in total. The largest absolute Gasteiger partial charge is 0.367 e. The first-order valence-corrected chi connectivity index (χ1v) is 8.09. The summed E-state index contributed by atoms with van der Waals surface area (Å²) in [4.78, 5) is 12.0. The molecule has 3 nitrogen and oxygen atoms in total. The van der Waals surface area contributed by atoms with Crippen LogP contribution in [0.4, 0.5) is 5.82 Å². The number of hydrogen-bond donors (Lipinski definition) is 1. The fourth-order valence-corrected chi connectivity index (χ4v) is 4.44. The van der Waals surface area contributed by atoms with Gasteiger partial charge in [0.25, 0.3) is 0 Å². The minimum absolute atomic E-state index is 0.537. The molecule has 0 aliphatic heterocycles. The van der Waals surface area contributed by atoms with Crippen molar-refractivity contribution < 1.29 is 0 Å². The standard InChI is InChI=1S/C15H19N3S/c1-8(10-6-7-10)16-14-13-11-4-3-5-12(11)19-15(13)18-9(2)17-14/h8,10H,3-7H2,1-2H3,(H,16,17,18)/t8-/m1/s1. The highest BCUT2D eigenvalue weighted by atomic mass is 32.1. The monoisotopic (exact) mass is 273 g/mol. The molecule has 2 aliphatic rings. The van der Waals surface area contributed by atoms with Gasteiger partial charge in [0.2, 0.25) is 0 Å². The summed E-state index contributed by atoms with van der Waals surface area (Å²) in [6.45, 7) is 4.28. The molecule has 100 valence electrons. The summed E-state index contributed by atoms with van der Waals surface area (Å²) < 4.78 is 0. The average Bonchev–Trinajstić information content (AvgIpc) is 3.02. The van der Waals surface area contributed by atoms with Gasteiger partial charge in [0, 0.05) is 10.9 Å². The van der Waals surface area contributed by atoms with E-state index in [0.29, 0.717) is 6.04 Å². The van der Waals surface area contributed by atoms with Crippen LogP contribution in [0.5, 0.6) is 0 Å². The van der Waals surface area contributed by atoms with E-state index < -0.39 is 0 Å². The molecular formula is C15H19N3S. The molecule has 0 radical (unpaired) electrons. The van der Waals surface area contributed by atoms with Crippen LogP contribution in [0.15, 0.2) is 0 Å². The number of nitrogens with zero attached hydrogens (tertiary/aromatic N) is 2. The Kier molecular flexibility index (Phi) is 2.56. The summed E-state index contributed by atoms with van der Waals surface area (Å²) >= 11 is 1.87. The van der Waals surface area contributed by atoms with Crippen molar-refractivity contribution in [2.24, 2.45) is 5.92 Å². The number of thiophene rings is 1. The summed E-state index contributed by atoms with van der Waals surface area (Å²) in [5, 5.41) is 4.97. The van der Waals surface area contributed by atoms with Crippen molar-refractivity contribution in [3.63, 3.8) is 0 Å². The second kappa shape index (κ2) is 4.17. The van der Waals surface area contributed by atoms with Gasteiger partial charge in [0.15, 0.2) is 0 Å². The first-order valence-electron chi connectivity index (χ1n) is 7.28. The number of rotatable bonds is 3. The van der Waals surface area contributed by atoms with Gasteiger partial charge in [0.05, 0.1) is 5.39 Å². The van der Waals surface area contributed by atoms with Gasteiger partial charge in [-0.05, 0) is 57.4 Å². The highest BCUT2D eigenvalue weighted by Crippen LogP contribution is 2.41. The lowest BCUT2D eigenvalue weighted by atomic mass is 10.1. The smallest absolute Gasteiger partial charge is 0.139 e. The van der Waals surface area contributed by atoms with E-state index in [9.17, 15) is 0 Å².